The van der Waals surface area contributed by atoms with Gasteiger partial charge >= 0.3 is 0 Å². The predicted octanol–water partition coefficient (Wildman–Crippen LogP) is 4.27. The Morgan fingerprint density at radius 3 is 2.35 bits per heavy atom. The molecule has 5 rings (SSSR count). The third-order valence-electron chi connectivity index (χ3n) is 6.72. The Labute approximate surface area is 199 Å². The Hall–Kier alpha value is -3.04. The van der Waals surface area contributed by atoms with Crippen molar-refractivity contribution in [3.8, 4) is 11.4 Å². The summed E-state index contributed by atoms with van der Waals surface area (Å²) in [6.07, 6.45) is 3.12. The van der Waals surface area contributed by atoms with Crippen molar-refractivity contribution in [2.75, 3.05) is 18.4 Å². The molecule has 2 aliphatic rings. The summed E-state index contributed by atoms with van der Waals surface area (Å²) in [5.74, 6) is 1.22. The zero-order valence-electron chi connectivity index (χ0n) is 19.3. The van der Waals surface area contributed by atoms with Crippen LogP contribution >= 0.6 is 0 Å². The summed E-state index contributed by atoms with van der Waals surface area (Å²) >= 11 is 0. The van der Waals surface area contributed by atoms with Gasteiger partial charge in [0.05, 0.1) is 4.90 Å². The lowest BCUT2D eigenvalue weighted by Crippen LogP contribution is -2.41. The molecular weight excluding hydrogens is 452 g/mol. The molecule has 0 atom stereocenters. The minimum atomic E-state index is -3.64. The van der Waals surface area contributed by atoms with Crippen LogP contribution in [0.1, 0.15) is 48.6 Å². The van der Waals surface area contributed by atoms with Crippen molar-refractivity contribution in [2.45, 2.75) is 50.3 Å². The summed E-state index contributed by atoms with van der Waals surface area (Å²) in [7, 11) is -3.64. The SMILES string of the molecule is Cc1ccc(NC(=O)C2CCN(S(=O)(=O)c3ccc(-c4noc(C5CC5)n4)cc3)CC2)cc1C. The Bertz CT molecular complexity index is 1300. The molecule has 1 aliphatic carbocycles. The smallest absolute Gasteiger partial charge is 0.243 e. The quantitative estimate of drug-likeness (QED) is 0.565. The van der Waals surface area contributed by atoms with Crippen LogP contribution in [0.25, 0.3) is 11.4 Å². The van der Waals surface area contributed by atoms with Crippen LogP contribution in [0.2, 0.25) is 0 Å². The van der Waals surface area contributed by atoms with E-state index in [0.29, 0.717) is 43.6 Å². The summed E-state index contributed by atoms with van der Waals surface area (Å²) in [6, 6.07) is 12.4. The Morgan fingerprint density at radius 1 is 1.00 bits per heavy atom. The number of rotatable bonds is 6. The fourth-order valence-corrected chi connectivity index (χ4v) is 5.67. The van der Waals surface area contributed by atoms with E-state index in [1.165, 1.54) is 9.87 Å². The van der Waals surface area contributed by atoms with E-state index in [1.54, 1.807) is 24.3 Å². The number of carbonyl (C=O) groups excluding carboxylic acids is 1. The monoisotopic (exact) mass is 480 g/mol. The summed E-state index contributed by atoms with van der Waals surface area (Å²) in [6.45, 7) is 4.66. The number of benzene rings is 2. The number of hydrogen-bond acceptors (Lipinski definition) is 6. The molecule has 1 aliphatic heterocycles. The van der Waals surface area contributed by atoms with Gasteiger partial charge in [0.15, 0.2) is 0 Å². The van der Waals surface area contributed by atoms with Crippen LogP contribution in [-0.2, 0) is 14.8 Å². The number of nitrogens with zero attached hydrogens (tertiary/aromatic N) is 3. The normalized spacial score (nSPS) is 17.6. The van der Waals surface area contributed by atoms with Gasteiger partial charge in [0.25, 0.3) is 0 Å². The zero-order chi connectivity index (χ0) is 23.9. The number of nitrogens with one attached hydrogen (secondary N) is 1. The van der Waals surface area contributed by atoms with Crippen LogP contribution in [0.3, 0.4) is 0 Å². The van der Waals surface area contributed by atoms with Crippen LogP contribution in [-0.4, -0.2) is 41.9 Å². The van der Waals surface area contributed by atoms with Crippen LogP contribution in [0.15, 0.2) is 51.9 Å². The molecule has 0 bridgehead atoms. The molecule has 1 N–H and O–H groups in total. The maximum Gasteiger partial charge on any atom is 0.243 e. The Kier molecular flexibility index (Phi) is 5.99. The van der Waals surface area contributed by atoms with Gasteiger partial charge in [-0.3, -0.25) is 4.79 Å². The summed E-state index contributed by atoms with van der Waals surface area (Å²) in [5.41, 5.74) is 3.78. The minimum absolute atomic E-state index is 0.0599. The number of hydrogen-bond donors (Lipinski definition) is 1. The molecule has 178 valence electrons. The van der Waals surface area contributed by atoms with Crippen molar-refractivity contribution < 1.29 is 17.7 Å². The van der Waals surface area contributed by atoms with E-state index in [1.807, 2.05) is 32.0 Å². The van der Waals surface area contributed by atoms with Gasteiger partial charge in [0, 0.05) is 36.2 Å². The van der Waals surface area contributed by atoms with Crippen molar-refractivity contribution in [3.05, 3.63) is 59.5 Å². The standard InChI is InChI=1S/C25H28N4O4S/c1-16-3-8-21(15-17(16)2)26-24(30)19-11-13-29(14-12-19)34(31,32)22-9-6-18(7-10-22)23-27-25(33-28-23)20-4-5-20/h3,6-10,15,19-20H,4-5,11-14H2,1-2H3,(H,26,30). The lowest BCUT2D eigenvalue weighted by atomic mass is 9.97. The third kappa shape index (κ3) is 4.63. The first kappa shape index (κ1) is 22.7. The van der Waals surface area contributed by atoms with Crippen LogP contribution in [0.5, 0.6) is 0 Å². The fraction of sp³-hybridized carbons (Fsp3) is 0.400. The highest BCUT2D eigenvalue weighted by atomic mass is 32.2. The highest BCUT2D eigenvalue weighted by Crippen LogP contribution is 2.39. The first-order valence-electron chi connectivity index (χ1n) is 11.6. The molecule has 8 nitrogen and oxygen atoms in total. The van der Waals surface area contributed by atoms with Crippen molar-refractivity contribution in [3.63, 3.8) is 0 Å². The van der Waals surface area contributed by atoms with Crippen molar-refractivity contribution in [1.82, 2.24) is 14.4 Å². The zero-order valence-corrected chi connectivity index (χ0v) is 20.1. The summed E-state index contributed by atoms with van der Waals surface area (Å²) in [4.78, 5) is 17.3. The number of amides is 1. The van der Waals surface area contributed by atoms with E-state index in [4.69, 9.17) is 4.52 Å². The second-order valence-electron chi connectivity index (χ2n) is 9.22. The molecule has 9 heteroatoms. The number of anilines is 1. The number of piperidine rings is 1. The third-order valence-corrected chi connectivity index (χ3v) is 8.63. The molecule has 2 aromatic carbocycles. The number of aryl methyl sites for hydroxylation is 2. The highest BCUT2D eigenvalue weighted by molar-refractivity contribution is 7.89. The maximum absolute atomic E-state index is 13.1. The number of sulfonamides is 1. The van der Waals surface area contributed by atoms with Crippen molar-refractivity contribution >= 4 is 21.6 Å². The van der Waals surface area contributed by atoms with E-state index >= 15 is 0 Å². The molecule has 1 amide bonds. The van der Waals surface area contributed by atoms with Gasteiger partial charge < -0.3 is 9.84 Å². The summed E-state index contributed by atoms with van der Waals surface area (Å²) < 4.78 is 33.1. The van der Waals surface area contributed by atoms with E-state index in [-0.39, 0.29) is 16.7 Å². The molecule has 1 saturated heterocycles. The van der Waals surface area contributed by atoms with E-state index in [0.717, 1.165) is 29.7 Å². The molecule has 2 heterocycles. The number of aromatic nitrogens is 2. The molecule has 0 spiro atoms. The van der Waals surface area contributed by atoms with Gasteiger partial charge in [0.2, 0.25) is 27.6 Å². The molecule has 0 unspecified atom stereocenters. The average molecular weight is 481 g/mol. The Morgan fingerprint density at radius 2 is 1.71 bits per heavy atom. The van der Waals surface area contributed by atoms with Crippen LogP contribution in [0.4, 0.5) is 5.69 Å². The first-order valence-corrected chi connectivity index (χ1v) is 13.1. The van der Waals surface area contributed by atoms with E-state index < -0.39 is 10.0 Å². The van der Waals surface area contributed by atoms with Gasteiger partial charge in [-0.2, -0.15) is 9.29 Å². The van der Waals surface area contributed by atoms with Crippen LogP contribution < -0.4 is 5.32 Å². The van der Waals surface area contributed by atoms with Gasteiger partial charge in [-0.1, -0.05) is 11.2 Å². The number of carbonyl (C=O) groups is 1. The predicted molar refractivity (Wildman–Crippen MR) is 128 cm³/mol. The lowest BCUT2D eigenvalue weighted by Gasteiger charge is -2.30. The van der Waals surface area contributed by atoms with Gasteiger partial charge in [-0.05, 0) is 87.1 Å². The van der Waals surface area contributed by atoms with Gasteiger partial charge in [0.1, 0.15) is 0 Å². The molecule has 2 fully saturated rings. The average Bonchev–Trinajstić information content (AvgIpc) is 3.58. The second kappa shape index (κ2) is 8.96. The first-order chi connectivity index (χ1) is 16.3. The van der Waals surface area contributed by atoms with E-state index in [2.05, 4.69) is 15.5 Å². The molecular formula is C25H28N4O4S. The topological polar surface area (TPSA) is 105 Å². The molecule has 34 heavy (non-hydrogen) atoms. The largest absolute Gasteiger partial charge is 0.339 e. The van der Waals surface area contributed by atoms with Gasteiger partial charge in [-0.25, -0.2) is 8.42 Å². The van der Waals surface area contributed by atoms with E-state index in [9.17, 15) is 13.2 Å². The fourth-order valence-electron chi connectivity index (χ4n) is 4.20. The summed E-state index contributed by atoms with van der Waals surface area (Å²) in [5, 5.41) is 6.98. The maximum atomic E-state index is 13.1. The molecule has 1 saturated carbocycles. The lowest BCUT2D eigenvalue weighted by molar-refractivity contribution is -0.120. The molecule has 0 radical (unpaired) electrons. The highest BCUT2D eigenvalue weighted by Gasteiger charge is 2.33. The van der Waals surface area contributed by atoms with Crippen LogP contribution in [0, 0.1) is 19.8 Å². The van der Waals surface area contributed by atoms with Crippen molar-refractivity contribution in [2.24, 2.45) is 5.92 Å². The molecule has 1 aromatic heterocycles. The molecule has 3 aromatic rings. The minimum Gasteiger partial charge on any atom is -0.339 e. The van der Waals surface area contributed by atoms with Crippen molar-refractivity contribution in [1.29, 1.82) is 0 Å². The Balaban J connectivity index is 1.20. The second-order valence-corrected chi connectivity index (χ2v) is 11.2. The van der Waals surface area contributed by atoms with Gasteiger partial charge in [-0.15, -0.1) is 0 Å².